The molecule has 0 spiro atoms. The van der Waals surface area contributed by atoms with Crippen molar-refractivity contribution >= 4 is 55.6 Å². The third-order valence-electron chi connectivity index (χ3n) is 4.33. The molecule has 0 aromatic heterocycles. The Bertz CT molecular complexity index is 1300. The van der Waals surface area contributed by atoms with Crippen LogP contribution in [0, 0.1) is 10.1 Å². The third-order valence-corrected chi connectivity index (χ3v) is 5.32. The van der Waals surface area contributed by atoms with Gasteiger partial charge in [0.15, 0.2) is 23.9 Å². The molecule has 0 aliphatic heterocycles. The molecule has 180 valence electrons. The molecule has 0 heterocycles. The summed E-state index contributed by atoms with van der Waals surface area (Å²) in [5.41, 5.74) is 2.91. The molecule has 0 aliphatic carbocycles. The molecule has 1 amide bonds. The maximum Gasteiger partial charge on any atom is 0.343 e. The van der Waals surface area contributed by atoms with Crippen LogP contribution in [0.2, 0.25) is 0 Å². The standard InChI is InChI=1S/C23H17Br2N3O7/c1-33-21-9-14(5-7-20(21)35-23(30)15-3-2-4-16(24)10-15)12-26-27-22(29)13-34-19-8-6-17(25)11-18(19)28(31)32/h2-12H,13H2,1H3,(H,27,29)/b26-12-. The Balaban J connectivity index is 1.59. The van der Waals surface area contributed by atoms with Crippen LogP contribution in [-0.4, -0.2) is 36.7 Å². The molecule has 3 aromatic carbocycles. The fourth-order valence-corrected chi connectivity index (χ4v) is 3.48. The van der Waals surface area contributed by atoms with Crippen LogP contribution in [0.1, 0.15) is 15.9 Å². The zero-order valence-corrected chi connectivity index (χ0v) is 21.2. The zero-order chi connectivity index (χ0) is 25.4. The number of hydrogen-bond acceptors (Lipinski definition) is 8. The molecule has 0 fully saturated rings. The molecule has 10 nitrogen and oxygen atoms in total. The molecule has 0 bridgehead atoms. The number of nitrogens with zero attached hydrogens (tertiary/aromatic N) is 2. The number of halogens is 2. The maximum atomic E-state index is 12.4. The molecule has 3 rings (SSSR count). The average Bonchev–Trinajstić information content (AvgIpc) is 2.83. The summed E-state index contributed by atoms with van der Waals surface area (Å²) in [6.07, 6.45) is 1.35. The highest BCUT2D eigenvalue weighted by atomic mass is 79.9. The molecular formula is C23H17Br2N3O7. The van der Waals surface area contributed by atoms with E-state index >= 15 is 0 Å². The molecule has 0 atom stereocenters. The van der Waals surface area contributed by atoms with Gasteiger partial charge < -0.3 is 14.2 Å². The fraction of sp³-hybridized carbons (Fsp3) is 0.0870. The van der Waals surface area contributed by atoms with Gasteiger partial charge in [-0.3, -0.25) is 14.9 Å². The summed E-state index contributed by atoms with van der Waals surface area (Å²) in [5.74, 6) is -0.720. The molecule has 0 saturated heterocycles. The van der Waals surface area contributed by atoms with Gasteiger partial charge in [-0.05, 0) is 54.1 Å². The van der Waals surface area contributed by atoms with Crippen molar-refractivity contribution in [3.8, 4) is 17.2 Å². The minimum absolute atomic E-state index is 0.0462. The number of carbonyl (C=O) groups is 2. The lowest BCUT2D eigenvalue weighted by molar-refractivity contribution is -0.385. The van der Waals surface area contributed by atoms with Gasteiger partial charge in [-0.25, -0.2) is 10.2 Å². The minimum atomic E-state index is -0.620. The van der Waals surface area contributed by atoms with Crippen LogP contribution < -0.4 is 19.6 Å². The summed E-state index contributed by atoms with van der Waals surface area (Å²) >= 11 is 6.45. The van der Waals surface area contributed by atoms with E-state index in [1.54, 1.807) is 42.5 Å². The summed E-state index contributed by atoms with van der Waals surface area (Å²) in [6.45, 7) is -0.479. The van der Waals surface area contributed by atoms with Gasteiger partial charge in [-0.2, -0.15) is 5.10 Å². The first-order valence-electron chi connectivity index (χ1n) is 9.81. The van der Waals surface area contributed by atoms with E-state index in [1.807, 2.05) is 0 Å². The van der Waals surface area contributed by atoms with E-state index < -0.39 is 23.4 Å². The van der Waals surface area contributed by atoms with Crippen LogP contribution in [0.5, 0.6) is 17.2 Å². The van der Waals surface area contributed by atoms with Crippen LogP contribution >= 0.6 is 31.9 Å². The lowest BCUT2D eigenvalue weighted by atomic mass is 10.2. The van der Waals surface area contributed by atoms with Crippen molar-refractivity contribution in [1.29, 1.82) is 0 Å². The normalized spacial score (nSPS) is 10.6. The number of carbonyl (C=O) groups excluding carboxylic acids is 2. The van der Waals surface area contributed by atoms with Crippen LogP contribution in [0.15, 0.2) is 74.7 Å². The minimum Gasteiger partial charge on any atom is -0.493 e. The molecule has 35 heavy (non-hydrogen) atoms. The second-order valence-electron chi connectivity index (χ2n) is 6.76. The maximum absolute atomic E-state index is 12.4. The van der Waals surface area contributed by atoms with E-state index in [9.17, 15) is 19.7 Å². The molecule has 0 aliphatic rings. The number of amides is 1. The largest absolute Gasteiger partial charge is 0.493 e. The Labute approximate surface area is 216 Å². The highest BCUT2D eigenvalue weighted by molar-refractivity contribution is 9.10. The SMILES string of the molecule is COc1cc(/C=N\NC(=O)COc2ccc(Br)cc2[N+](=O)[O-])ccc1OC(=O)c1cccc(Br)c1. The molecule has 1 N–H and O–H groups in total. The van der Waals surface area contributed by atoms with Crippen LogP contribution in [0.4, 0.5) is 5.69 Å². The third kappa shape index (κ3) is 7.36. The van der Waals surface area contributed by atoms with E-state index in [0.29, 0.717) is 15.6 Å². The van der Waals surface area contributed by atoms with E-state index in [4.69, 9.17) is 14.2 Å². The quantitative estimate of drug-likeness (QED) is 0.121. The topological polar surface area (TPSA) is 129 Å². The number of benzene rings is 3. The van der Waals surface area contributed by atoms with Crippen molar-refractivity contribution in [2.24, 2.45) is 5.10 Å². The van der Waals surface area contributed by atoms with Gasteiger partial charge in [0, 0.05) is 15.0 Å². The van der Waals surface area contributed by atoms with E-state index in [1.165, 1.54) is 31.5 Å². The average molecular weight is 607 g/mol. The molecule has 0 radical (unpaired) electrons. The Morgan fingerprint density at radius 2 is 1.77 bits per heavy atom. The number of hydrazone groups is 1. The lowest BCUT2D eigenvalue weighted by Gasteiger charge is -2.10. The van der Waals surface area contributed by atoms with Gasteiger partial charge in [0.2, 0.25) is 0 Å². The summed E-state index contributed by atoms with van der Waals surface area (Å²) in [5, 5.41) is 14.9. The number of hydrogen-bond donors (Lipinski definition) is 1. The first-order valence-corrected chi connectivity index (χ1v) is 11.4. The van der Waals surface area contributed by atoms with Crippen molar-refractivity contribution in [2.45, 2.75) is 0 Å². The number of nitro groups is 1. The summed E-state index contributed by atoms with van der Waals surface area (Å²) in [7, 11) is 1.42. The molecular weight excluding hydrogens is 590 g/mol. The number of methoxy groups -OCH3 is 1. The van der Waals surface area contributed by atoms with E-state index in [0.717, 1.165) is 4.47 Å². The second kappa shape index (κ2) is 12.1. The zero-order valence-electron chi connectivity index (χ0n) is 18.1. The number of esters is 1. The van der Waals surface area contributed by atoms with Gasteiger partial charge in [-0.1, -0.05) is 37.9 Å². The Hall–Kier alpha value is -3.77. The van der Waals surface area contributed by atoms with Gasteiger partial charge in [-0.15, -0.1) is 0 Å². The van der Waals surface area contributed by atoms with E-state index in [-0.39, 0.29) is 22.9 Å². The number of nitro benzene ring substituents is 1. The van der Waals surface area contributed by atoms with Crippen molar-refractivity contribution < 1.29 is 28.7 Å². The first kappa shape index (κ1) is 25.8. The second-order valence-corrected chi connectivity index (χ2v) is 8.59. The van der Waals surface area contributed by atoms with Gasteiger partial charge in [0.05, 0.1) is 23.8 Å². The Kier molecular flexibility index (Phi) is 8.92. The van der Waals surface area contributed by atoms with Gasteiger partial charge in [0.25, 0.3) is 5.91 Å². The smallest absolute Gasteiger partial charge is 0.343 e. The summed E-state index contributed by atoms with van der Waals surface area (Å²) in [6, 6.07) is 15.7. The van der Waals surface area contributed by atoms with Crippen LogP contribution in [-0.2, 0) is 4.79 Å². The number of ether oxygens (including phenoxy) is 3. The fourth-order valence-electron chi connectivity index (χ4n) is 2.73. The van der Waals surface area contributed by atoms with Crippen molar-refractivity contribution in [3.63, 3.8) is 0 Å². The Morgan fingerprint density at radius 1 is 1.03 bits per heavy atom. The molecule has 12 heteroatoms. The van der Waals surface area contributed by atoms with Crippen molar-refractivity contribution in [2.75, 3.05) is 13.7 Å². The predicted molar refractivity (Wildman–Crippen MR) is 134 cm³/mol. The first-order chi connectivity index (χ1) is 16.8. The van der Waals surface area contributed by atoms with Crippen LogP contribution in [0.3, 0.4) is 0 Å². The summed E-state index contributed by atoms with van der Waals surface area (Å²) in [4.78, 5) is 34.9. The monoisotopic (exact) mass is 605 g/mol. The molecule has 0 saturated carbocycles. The Morgan fingerprint density at radius 3 is 2.49 bits per heavy atom. The van der Waals surface area contributed by atoms with Gasteiger partial charge in [0.1, 0.15) is 0 Å². The van der Waals surface area contributed by atoms with Crippen molar-refractivity contribution in [1.82, 2.24) is 5.43 Å². The lowest BCUT2D eigenvalue weighted by Crippen LogP contribution is -2.24. The molecule has 0 unspecified atom stereocenters. The number of nitrogens with one attached hydrogen (secondary N) is 1. The highest BCUT2D eigenvalue weighted by Crippen LogP contribution is 2.30. The summed E-state index contributed by atoms with van der Waals surface area (Å²) < 4.78 is 17.2. The van der Waals surface area contributed by atoms with Crippen molar-refractivity contribution in [3.05, 3.63) is 90.9 Å². The van der Waals surface area contributed by atoms with Crippen LogP contribution in [0.25, 0.3) is 0 Å². The predicted octanol–water partition coefficient (Wildman–Crippen LogP) is 4.88. The number of rotatable bonds is 9. The molecule has 3 aromatic rings. The highest BCUT2D eigenvalue weighted by Gasteiger charge is 2.17. The van der Waals surface area contributed by atoms with E-state index in [2.05, 4.69) is 42.4 Å². The van der Waals surface area contributed by atoms with Gasteiger partial charge >= 0.3 is 11.7 Å².